The lowest BCUT2D eigenvalue weighted by molar-refractivity contribution is -0.384. The lowest BCUT2D eigenvalue weighted by Gasteiger charge is -2.19. The second kappa shape index (κ2) is 6.03. The van der Waals surface area contributed by atoms with Gasteiger partial charge in [-0.1, -0.05) is 6.07 Å². The molecule has 0 spiro atoms. The Labute approximate surface area is 147 Å². The van der Waals surface area contributed by atoms with Gasteiger partial charge in [-0.15, -0.1) is 5.10 Å². The van der Waals surface area contributed by atoms with Crippen LogP contribution in [0.25, 0.3) is 0 Å². The van der Waals surface area contributed by atoms with Crippen LogP contribution in [0.4, 0.5) is 5.69 Å². The zero-order valence-electron chi connectivity index (χ0n) is 13.6. The molecule has 2 aromatic carbocycles. The van der Waals surface area contributed by atoms with Crippen LogP contribution < -0.4 is 9.47 Å². The Bertz CT molecular complexity index is 942. The van der Waals surface area contributed by atoms with E-state index >= 15 is 0 Å². The van der Waals surface area contributed by atoms with E-state index in [1.54, 1.807) is 24.3 Å². The monoisotopic (exact) mass is 355 g/mol. The molecule has 1 atom stereocenters. The van der Waals surface area contributed by atoms with Gasteiger partial charge in [0, 0.05) is 30.2 Å². The van der Waals surface area contributed by atoms with E-state index in [9.17, 15) is 14.9 Å². The summed E-state index contributed by atoms with van der Waals surface area (Å²) in [4.78, 5) is 22.5. The van der Waals surface area contributed by atoms with E-state index in [1.807, 2.05) is 0 Å². The zero-order valence-corrected chi connectivity index (χ0v) is 13.6. The number of rotatable bonds is 3. The van der Waals surface area contributed by atoms with E-state index in [4.69, 9.17) is 14.2 Å². The van der Waals surface area contributed by atoms with Gasteiger partial charge in [0.05, 0.1) is 4.92 Å². The van der Waals surface area contributed by atoms with Crippen molar-refractivity contribution in [2.45, 2.75) is 13.2 Å². The minimum atomic E-state index is -0.795. The molecule has 132 valence electrons. The number of benzene rings is 2. The first-order valence-corrected chi connectivity index (χ1v) is 7.72. The van der Waals surface area contributed by atoms with Crippen LogP contribution in [0.2, 0.25) is 0 Å². The summed E-state index contributed by atoms with van der Waals surface area (Å²) in [5, 5.41) is 16.3. The van der Waals surface area contributed by atoms with E-state index in [-0.39, 0.29) is 24.3 Å². The van der Waals surface area contributed by atoms with Gasteiger partial charge in [0.25, 0.3) is 5.69 Å². The number of nitrogens with zero attached hydrogens (tertiary/aromatic N) is 3. The summed E-state index contributed by atoms with van der Waals surface area (Å²) in [5.74, 6) is 0.971. The van der Waals surface area contributed by atoms with Gasteiger partial charge < -0.3 is 14.2 Å². The number of carbonyl (C=O) groups is 1. The fourth-order valence-corrected chi connectivity index (χ4v) is 2.72. The number of ether oxygens (including phenoxy) is 3. The lowest BCUT2D eigenvalue weighted by Crippen LogP contribution is -2.25. The predicted molar refractivity (Wildman–Crippen MR) is 88.5 cm³/mol. The van der Waals surface area contributed by atoms with Crippen LogP contribution in [-0.4, -0.2) is 28.5 Å². The molecule has 2 aliphatic heterocycles. The molecule has 0 radical (unpaired) electrons. The Morgan fingerprint density at radius 1 is 1.23 bits per heavy atom. The van der Waals surface area contributed by atoms with Crippen LogP contribution in [0.3, 0.4) is 0 Å². The number of carbonyl (C=O) groups excluding carboxylic acids is 1. The summed E-state index contributed by atoms with van der Waals surface area (Å²) in [7, 11) is 0. The minimum Gasteiger partial charge on any atom is -0.454 e. The molecule has 9 nitrogen and oxygen atoms in total. The second-order valence-corrected chi connectivity index (χ2v) is 5.66. The topological polar surface area (TPSA) is 104 Å². The van der Waals surface area contributed by atoms with Crippen molar-refractivity contribution in [1.82, 2.24) is 5.01 Å². The van der Waals surface area contributed by atoms with Crippen molar-refractivity contribution in [2.75, 3.05) is 6.79 Å². The van der Waals surface area contributed by atoms with Gasteiger partial charge in [-0.25, -0.2) is 0 Å². The standard InChI is InChI=1S/C17H13N3O6/c1-10(21)19-17(12-5-6-14-15(8-12)25-9-24-14)26-16(18-19)11-3-2-4-13(7-11)20(22)23/h2-8,17H,9H2,1H3. The van der Waals surface area contributed by atoms with Gasteiger partial charge in [-0.05, 0) is 24.3 Å². The first-order chi connectivity index (χ1) is 12.5. The van der Waals surface area contributed by atoms with E-state index in [0.29, 0.717) is 22.6 Å². The predicted octanol–water partition coefficient (Wildman–Crippen LogP) is 2.56. The number of non-ortho nitro benzene ring substituents is 1. The Kier molecular flexibility index (Phi) is 3.68. The van der Waals surface area contributed by atoms with Crippen LogP contribution in [0.5, 0.6) is 11.5 Å². The van der Waals surface area contributed by atoms with Crippen molar-refractivity contribution in [3.05, 3.63) is 63.7 Å². The fourth-order valence-electron chi connectivity index (χ4n) is 2.72. The lowest BCUT2D eigenvalue weighted by atomic mass is 10.1. The normalized spacial score (nSPS) is 17.7. The van der Waals surface area contributed by atoms with Gasteiger partial charge in [0.1, 0.15) is 0 Å². The number of hydrogen-bond donors (Lipinski definition) is 0. The van der Waals surface area contributed by atoms with E-state index in [2.05, 4.69) is 5.10 Å². The molecule has 0 saturated carbocycles. The number of hydrogen-bond acceptors (Lipinski definition) is 7. The molecule has 0 N–H and O–H groups in total. The van der Waals surface area contributed by atoms with Crippen molar-refractivity contribution in [1.29, 1.82) is 0 Å². The quantitative estimate of drug-likeness (QED) is 0.619. The van der Waals surface area contributed by atoms with Crippen molar-refractivity contribution < 1.29 is 23.9 Å². The SMILES string of the molecule is CC(=O)N1N=C(c2cccc([N+](=O)[O-])c2)OC1c1ccc2c(c1)OCO2. The molecule has 0 bridgehead atoms. The Morgan fingerprint density at radius 2 is 2.04 bits per heavy atom. The summed E-state index contributed by atoms with van der Waals surface area (Å²) >= 11 is 0. The Morgan fingerprint density at radius 3 is 2.81 bits per heavy atom. The average molecular weight is 355 g/mol. The Balaban J connectivity index is 1.68. The zero-order chi connectivity index (χ0) is 18.3. The number of fused-ring (bicyclic) bond motifs is 1. The highest BCUT2D eigenvalue weighted by Crippen LogP contribution is 2.38. The van der Waals surface area contributed by atoms with Crippen molar-refractivity contribution >= 4 is 17.5 Å². The van der Waals surface area contributed by atoms with Crippen LogP contribution in [0.15, 0.2) is 47.6 Å². The molecule has 0 aromatic heterocycles. The average Bonchev–Trinajstić information content (AvgIpc) is 3.28. The summed E-state index contributed by atoms with van der Waals surface area (Å²) in [6.45, 7) is 1.50. The highest BCUT2D eigenvalue weighted by Gasteiger charge is 2.34. The molecule has 2 heterocycles. The molecule has 2 aliphatic rings. The molecule has 1 amide bonds. The summed E-state index contributed by atoms with van der Waals surface area (Å²) < 4.78 is 16.5. The number of amides is 1. The highest BCUT2D eigenvalue weighted by molar-refractivity contribution is 5.96. The molecular weight excluding hydrogens is 342 g/mol. The minimum absolute atomic E-state index is 0.0882. The van der Waals surface area contributed by atoms with Gasteiger partial charge >= 0.3 is 0 Å². The van der Waals surface area contributed by atoms with Gasteiger partial charge in [-0.3, -0.25) is 14.9 Å². The van der Waals surface area contributed by atoms with Crippen molar-refractivity contribution in [2.24, 2.45) is 5.10 Å². The molecule has 1 unspecified atom stereocenters. The molecule has 0 saturated heterocycles. The first-order valence-electron chi connectivity index (χ1n) is 7.72. The fraction of sp³-hybridized carbons (Fsp3) is 0.176. The maximum Gasteiger partial charge on any atom is 0.270 e. The van der Waals surface area contributed by atoms with Gasteiger partial charge in [-0.2, -0.15) is 5.01 Å². The summed E-state index contributed by atoms with van der Waals surface area (Å²) in [5.41, 5.74) is 0.969. The molecule has 26 heavy (non-hydrogen) atoms. The van der Waals surface area contributed by atoms with E-state index in [0.717, 1.165) is 0 Å². The highest BCUT2D eigenvalue weighted by atomic mass is 16.7. The van der Waals surface area contributed by atoms with Crippen molar-refractivity contribution in [3.63, 3.8) is 0 Å². The van der Waals surface area contributed by atoms with Crippen molar-refractivity contribution in [3.8, 4) is 11.5 Å². The molecular formula is C17H13N3O6. The maximum atomic E-state index is 12.0. The number of nitro benzene ring substituents is 1. The Hall–Kier alpha value is -3.62. The van der Waals surface area contributed by atoms with Crippen LogP contribution in [-0.2, 0) is 9.53 Å². The molecule has 0 fully saturated rings. The smallest absolute Gasteiger partial charge is 0.270 e. The largest absolute Gasteiger partial charge is 0.454 e. The van der Waals surface area contributed by atoms with E-state index < -0.39 is 11.2 Å². The third-order valence-electron chi connectivity index (χ3n) is 3.95. The van der Waals surface area contributed by atoms with Crippen LogP contribution >= 0.6 is 0 Å². The van der Waals surface area contributed by atoms with Crippen LogP contribution in [0.1, 0.15) is 24.3 Å². The van der Waals surface area contributed by atoms with Gasteiger partial charge in [0.15, 0.2) is 11.5 Å². The van der Waals surface area contributed by atoms with Gasteiger partial charge in [0.2, 0.25) is 24.8 Å². The molecule has 0 aliphatic carbocycles. The third kappa shape index (κ3) is 2.69. The summed E-state index contributed by atoms with van der Waals surface area (Å²) in [6, 6.07) is 11.1. The number of nitro groups is 1. The number of hydrazone groups is 1. The first kappa shape index (κ1) is 15.9. The molecule has 4 rings (SSSR count). The van der Waals surface area contributed by atoms with Crippen LogP contribution in [0, 0.1) is 10.1 Å². The summed E-state index contributed by atoms with van der Waals surface area (Å²) in [6.07, 6.45) is -0.795. The molecule has 9 heteroatoms. The van der Waals surface area contributed by atoms with E-state index in [1.165, 1.54) is 30.1 Å². The second-order valence-electron chi connectivity index (χ2n) is 5.66. The third-order valence-corrected chi connectivity index (χ3v) is 3.95. The maximum absolute atomic E-state index is 12.0. The molecule has 2 aromatic rings.